The molecule has 0 saturated heterocycles. The van der Waals surface area contributed by atoms with Crippen LogP contribution in [0.1, 0.15) is 16.2 Å². The van der Waals surface area contributed by atoms with E-state index in [0.29, 0.717) is 18.1 Å². The van der Waals surface area contributed by atoms with Crippen molar-refractivity contribution in [2.75, 3.05) is 5.73 Å². The lowest BCUT2D eigenvalue weighted by Crippen LogP contribution is -2.17. The van der Waals surface area contributed by atoms with Crippen molar-refractivity contribution >= 4 is 40.2 Å². The second-order valence-corrected chi connectivity index (χ2v) is 4.52. The maximum Gasteiger partial charge on any atom is 0.271 e. The summed E-state index contributed by atoms with van der Waals surface area (Å²) >= 11 is 3.26. The molecule has 0 radical (unpaired) electrons. The number of anilines is 1. The topological polar surface area (TPSA) is 99.6 Å². The van der Waals surface area contributed by atoms with E-state index >= 15 is 0 Å². The van der Waals surface area contributed by atoms with E-state index in [0.717, 1.165) is 10.2 Å². The average Bonchev–Trinajstić information content (AvgIpc) is 2.93. The number of carbonyl (C=O) groups is 1. The van der Waals surface area contributed by atoms with Crippen molar-refractivity contribution in [3.05, 3.63) is 46.6 Å². The first-order valence-electron chi connectivity index (χ1n) is 5.24. The molecule has 0 aliphatic carbocycles. The van der Waals surface area contributed by atoms with Gasteiger partial charge in [0.1, 0.15) is 5.69 Å². The number of aromatic amines is 2. The maximum absolute atomic E-state index is 11.6. The number of imidazole rings is 1. The number of H-pyrrole nitrogens is 2. The number of halogens is 2. The number of allylic oxidation sites excluding steroid dienone is 1. The second-order valence-electron chi connectivity index (χ2n) is 3.61. The minimum absolute atomic E-state index is 0. The first kappa shape index (κ1) is 15.3. The number of amides is 1. The summed E-state index contributed by atoms with van der Waals surface area (Å²) in [6.45, 7) is 0. The summed E-state index contributed by atoms with van der Waals surface area (Å²) in [5, 5.41) is 2.65. The summed E-state index contributed by atoms with van der Waals surface area (Å²) in [4.78, 5) is 21.2. The number of rotatable bonds is 4. The van der Waals surface area contributed by atoms with Crippen LogP contribution in [0, 0.1) is 0 Å². The fraction of sp³-hybridized carbons (Fsp3) is 0.0909. The van der Waals surface area contributed by atoms with E-state index in [2.05, 4.69) is 36.2 Å². The lowest BCUT2D eigenvalue weighted by atomic mass is 10.3. The van der Waals surface area contributed by atoms with Gasteiger partial charge >= 0.3 is 0 Å². The molecule has 0 fully saturated rings. The average molecular weight is 347 g/mol. The van der Waals surface area contributed by atoms with E-state index in [9.17, 15) is 4.79 Å². The molecule has 0 aromatic carbocycles. The minimum atomic E-state index is -0.193. The van der Waals surface area contributed by atoms with Crippen molar-refractivity contribution in [2.45, 2.75) is 6.42 Å². The van der Waals surface area contributed by atoms with E-state index < -0.39 is 0 Å². The van der Waals surface area contributed by atoms with Crippen molar-refractivity contribution in [1.29, 1.82) is 0 Å². The molecule has 2 rings (SSSR count). The van der Waals surface area contributed by atoms with Gasteiger partial charge in [0, 0.05) is 29.0 Å². The van der Waals surface area contributed by atoms with E-state index in [1.807, 2.05) is 6.08 Å². The van der Waals surface area contributed by atoms with Gasteiger partial charge in [-0.2, -0.15) is 0 Å². The number of nitrogens with one attached hydrogen (secondary N) is 3. The van der Waals surface area contributed by atoms with Crippen LogP contribution in [0.3, 0.4) is 0 Å². The summed E-state index contributed by atoms with van der Waals surface area (Å²) in [6.07, 6.45) is 7.38. The number of nitrogen functional groups attached to an aromatic ring is 1. The quantitative estimate of drug-likeness (QED) is 0.681. The van der Waals surface area contributed by atoms with Crippen LogP contribution in [-0.2, 0) is 6.42 Å². The molecule has 0 spiro atoms. The number of aromatic nitrogens is 3. The van der Waals surface area contributed by atoms with E-state index in [1.165, 1.54) is 0 Å². The normalized spacial score (nSPS) is 10.4. The van der Waals surface area contributed by atoms with Gasteiger partial charge in [-0.1, -0.05) is 6.08 Å². The lowest BCUT2D eigenvalue weighted by Gasteiger charge is -1.96. The number of hydrogen-bond donors (Lipinski definition) is 4. The van der Waals surface area contributed by atoms with Crippen LogP contribution in [-0.4, -0.2) is 20.9 Å². The van der Waals surface area contributed by atoms with E-state index in [1.54, 1.807) is 24.7 Å². The Kier molecular flexibility index (Phi) is 5.65. The van der Waals surface area contributed by atoms with Crippen LogP contribution < -0.4 is 11.1 Å². The fourth-order valence-electron chi connectivity index (χ4n) is 1.38. The number of carbonyl (C=O) groups excluding carboxylic acids is 1. The molecule has 0 atom stereocenters. The predicted molar refractivity (Wildman–Crippen MR) is 79.1 cm³/mol. The summed E-state index contributed by atoms with van der Waals surface area (Å²) in [5.74, 6) is 0.194. The molecule has 19 heavy (non-hydrogen) atoms. The number of hydrogen-bond acceptors (Lipinski definition) is 3. The summed E-state index contributed by atoms with van der Waals surface area (Å²) < 4.78 is 0.838. The lowest BCUT2D eigenvalue weighted by molar-refractivity contribution is 0.0965. The smallest absolute Gasteiger partial charge is 0.271 e. The molecular weight excluding hydrogens is 334 g/mol. The van der Waals surface area contributed by atoms with Crippen LogP contribution in [0.15, 0.2) is 35.2 Å². The minimum Gasteiger partial charge on any atom is -0.369 e. The summed E-state index contributed by atoms with van der Waals surface area (Å²) in [6, 6.07) is 1.71. The van der Waals surface area contributed by atoms with Crippen LogP contribution in [0.5, 0.6) is 0 Å². The van der Waals surface area contributed by atoms with Gasteiger partial charge < -0.3 is 21.0 Å². The maximum atomic E-state index is 11.6. The molecule has 2 aromatic rings. The molecule has 0 unspecified atom stereocenters. The van der Waals surface area contributed by atoms with Crippen molar-refractivity contribution < 1.29 is 4.79 Å². The highest BCUT2D eigenvalue weighted by Crippen LogP contribution is 2.10. The molecule has 6 nitrogen and oxygen atoms in total. The third-order valence-electron chi connectivity index (χ3n) is 2.21. The van der Waals surface area contributed by atoms with Crippen molar-refractivity contribution in [3.63, 3.8) is 0 Å². The van der Waals surface area contributed by atoms with Gasteiger partial charge in [-0.25, -0.2) is 4.98 Å². The molecule has 8 heteroatoms. The second kappa shape index (κ2) is 7.01. The third-order valence-corrected chi connectivity index (χ3v) is 2.67. The highest BCUT2D eigenvalue weighted by molar-refractivity contribution is 9.10. The third kappa shape index (κ3) is 4.46. The Hall–Kier alpha value is -1.73. The fourth-order valence-corrected chi connectivity index (χ4v) is 1.72. The Morgan fingerprint density at radius 3 is 2.95 bits per heavy atom. The van der Waals surface area contributed by atoms with Gasteiger partial charge in [-0.3, -0.25) is 4.79 Å². The molecule has 0 bridgehead atoms. The Labute approximate surface area is 124 Å². The molecule has 0 aliphatic rings. The molecule has 2 aromatic heterocycles. The largest absolute Gasteiger partial charge is 0.369 e. The zero-order valence-electron chi connectivity index (χ0n) is 9.81. The highest BCUT2D eigenvalue weighted by Gasteiger charge is 2.04. The Bertz CT molecular complexity index is 577. The number of nitrogens with zero attached hydrogens (tertiary/aromatic N) is 1. The van der Waals surface area contributed by atoms with Gasteiger partial charge in [0.25, 0.3) is 5.91 Å². The van der Waals surface area contributed by atoms with E-state index in [4.69, 9.17) is 5.73 Å². The Morgan fingerprint density at radius 1 is 1.58 bits per heavy atom. The zero-order chi connectivity index (χ0) is 13.0. The van der Waals surface area contributed by atoms with Gasteiger partial charge in [0.05, 0.1) is 6.20 Å². The van der Waals surface area contributed by atoms with Gasteiger partial charge in [0.2, 0.25) is 0 Å². The molecule has 2 heterocycles. The van der Waals surface area contributed by atoms with Crippen LogP contribution in [0.25, 0.3) is 0 Å². The summed E-state index contributed by atoms with van der Waals surface area (Å²) in [7, 11) is 0. The molecule has 0 saturated carbocycles. The van der Waals surface area contributed by atoms with Crippen LogP contribution >= 0.6 is 28.3 Å². The molecule has 1 amide bonds. The Morgan fingerprint density at radius 2 is 2.37 bits per heavy atom. The highest BCUT2D eigenvalue weighted by atomic mass is 79.9. The Balaban J connectivity index is 0.00000180. The van der Waals surface area contributed by atoms with Crippen molar-refractivity contribution in [1.82, 2.24) is 20.3 Å². The van der Waals surface area contributed by atoms with Crippen molar-refractivity contribution in [2.24, 2.45) is 0 Å². The SMILES string of the molecule is Cl.Nc1ncc(C/C=C/NC(=O)c2cc(Br)c[nH]2)[nH]1. The van der Waals surface area contributed by atoms with Gasteiger partial charge in [-0.05, 0) is 22.0 Å². The molecule has 5 N–H and O–H groups in total. The first-order chi connectivity index (χ1) is 8.65. The standard InChI is InChI=1S/C11H12BrN5O.ClH/c12-7-4-9(15-5-7)10(18)14-3-1-2-8-6-16-11(13)17-8;/h1,3-6,15H,2H2,(H,14,18)(H3,13,16,17);1H/b3-1+;. The predicted octanol–water partition coefficient (Wildman–Crippen LogP) is 1.99. The molecule has 0 aliphatic heterocycles. The monoisotopic (exact) mass is 345 g/mol. The first-order valence-corrected chi connectivity index (χ1v) is 6.03. The zero-order valence-corrected chi connectivity index (χ0v) is 12.2. The van der Waals surface area contributed by atoms with Gasteiger partial charge in [-0.15, -0.1) is 12.4 Å². The number of nitrogens with two attached hydrogens (primary N) is 1. The van der Waals surface area contributed by atoms with E-state index in [-0.39, 0.29) is 18.3 Å². The van der Waals surface area contributed by atoms with Crippen LogP contribution in [0.2, 0.25) is 0 Å². The van der Waals surface area contributed by atoms with Crippen molar-refractivity contribution in [3.8, 4) is 0 Å². The van der Waals surface area contributed by atoms with Crippen LogP contribution in [0.4, 0.5) is 5.95 Å². The van der Waals surface area contributed by atoms with Gasteiger partial charge in [0.15, 0.2) is 5.95 Å². The summed E-state index contributed by atoms with van der Waals surface area (Å²) in [5.41, 5.74) is 6.83. The molecule has 102 valence electrons. The molecular formula is C11H13BrClN5O.